The molecule has 6 nitrogen and oxygen atoms in total. The Kier molecular flexibility index (Phi) is 5.71. The van der Waals surface area contributed by atoms with Gasteiger partial charge in [0.1, 0.15) is 0 Å². The normalized spacial score (nSPS) is 14.5. The molecule has 1 saturated carbocycles. The number of aromatic nitrogens is 2. The fraction of sp³-hybridized carbons (Fsp3) is 0.444. The monoisotopic (exact) mass is 356 g/mol. The van der Waals surface area contributed by atoms with Crippen molar-refractivity contribution in [3.05, 3.63) is 34.6 Å². The number of nitrogens with one attached hydrogen (secondary N) is 1. The van der Waals surface area contributed by atoms with Gasteiger partial charge in [-0.15, -0.1) is 0 Å². The van der Waals surface area contributed by atoms with Crippen molar-refractivity contribution in [2.75, 3.05) is 12.3 Å². The summed E-state index contributed by atoms with van der Waals surface area (Å²) in [5.74, 6) is 0.0313. The zero-order chi connectivity index (χ0) is 17.6. The predicted octanol–water partition coefficient (Wildman–Crippen LogP) is 2.63. The molecule has 3 rings (SSSR count). The van der Waals surface area contributed by atoms with E-state index < -0.39 is 0 Å². The molecule has 0 bridgehead atoms. The second-order valence-corrected chi connectivity index (χ2v) is 7.01. The fourth-order valence-corrected chi connectivity index (χ4v) is 4.05. The van der Waals surface area contributed by atoms with Crippen LogP contribution in [0.4, 0.5) is 0 Å². The van der Waals surface area contributed by atoms with Crippen molar-refractivity contribution in [1.82, 2.24) is 14.9 Å². The van der Waals surface area contributed by atoms with Crippen LogP contribution in [0.2, 0.25) is 0 Å². The van der Waals surface area contributed by atoms with Gasteiger partial charge in [0.05, 0.1) is 29.1 Å². The van der Waals surface area contributed by atoms with Gasteiger partial charge in [0.25, 0.3) is 5.56 Å². The van der Waals surface area contributed by atoms with Crippen molar-refractivity contribution in [2.45, 2.75) is 43.3 Å². The van der Waals surface area contributed by atoms with Crippen LogP contribution in [0, 0.1) is 11.3 Å². The maximum atomic E-state index is 13.0. The van der Waals surface area contributed by atoms with Crippen molar-refractivity contribution in [2.24, 2.45) is 0 Å². The third kappa shape index (κ3) is 4.02. The lowest BCUT2D eigenvalue weighted by Crippen LogP contribution is -2.28. The second kappa shape index (κ2) is 8.17. The minimum atomic E-state index is -0.152. The molecular weight excluding hydrogens is 336 g/mol. The van der Waals surface area contributed by atoms with Crippen LogP contribution in [0.25, 0.3) is 10.9 Å². The molecule has 1 aliphatic rings. The lowest BCUT2D eigenvalue weighted by atomic mass is 10.2. The summed E-state index contributed by atoms with van der Waals surface area (Å²) in [6.07, 6.45) is 4.46. The largest absolute Gasteiger partial charge is 0.354 e. The quantitative estimate of drug-likeness (QED) is 0.488. The van der Waals surface area contributed by atoms with Crippen LogP contribution >= 0.6 is 11.8 Å². The Morgan fingerprint density at radius 2 is 2.12 bits per heavy atom. The Morgan fingerprint density at radius 3 is 2.88 bits per heavy atom. The van der Waals surface area contributed by atoms with Gasteiger partial charge in [0, 0.05) is 12.6 Å². The topological polar surface area (TPSA) is 87.8 Å². The van der Waals surface area contributed by atoms with Gasteiger partial charge in [-0.2, -0.15) is 5.26 Å². The number of amides is 1. The first-order chi connectivity index (χ1) is 12.2. The summed E-state index contributed by atoms with van der Waals surface area (Å²) in [6.45, 7) is 0.344. The molecule has 1 N–H and O–H groups in total. The lowest BCUT2D eigenvalue weighted by Gasteiger charge is -2.18. The number of benzene rings is 1. The minimum Gasteiger partial charge on any atom is -0.354 e. The molecule has 0 unspecified atom stereocenters. The Bertz CT molecular complexity index is 865. The SMILES string of the molecule is N#CCCNC(=O)CSc1nc2ccccc2c(=O)n1C1CCCC1. The average Bonchev–Trinajstić information content (AvgIpc) is 3.14. The summed E-state index contributed by atoms with van der Waals surface area (Å²) in [5, 5.41) is 12.4. The van der Waals surface area contributed by atoms with Gasteiger partial charge in [-0.25, -0.2) is 4.98 Å². The Hall–Kier alpha value is -2.33. The van der Waals surface area contributed by atoms with E-state index in [1.165, 1.54) is 11.8 Å². The molecule has 0 atom stereocenters. The zero-order valence-corrected chi connectivity index (χ0v) is 14.7. The zero-order valence-electron chi connectivity index (χ0n) is 13.9. The summed E-state index contributed by atoms with van der Waals surface area (Å²) in [7, 11) is 0. The second-order valence-electron chi connectivity index (χ2n) is 6.07. The van der Waals surface area contributed by atoms with Gasteiger partial charge in [0.15, 0.2) is 5.16 Å². The highest BCUT2D eigenvalue weighted by molar-refractivity contribution is 7.99. The maximum absolute atomic E-state index is 13.0. The van der Waals surface area contributed by atoms with Crippen molar-refractivity contribution >= 4 is 28.6 Å². The number of carbonyl (C=O) groups excluding carboxylic acids is 1. The van der Waals surface area contributed by atoms with Crippen LogP contribution in [0.3, 0.4) is 0 Å². The number of rotatable bonds is 6. The Labute approximate surface area is 150 Å². The number of fused-ring (bicyclic) bond motifs is 1. The molecule has 25 heavy (non-hydrogen) atoms. The van der Waals surface area contributed by atoms with Crippen LogP contribution < -0.4 is 10.9 Å². The van der Waals surface area contributed by atoms with E-state index in [9.17, 15) is 9.59 Å². The minimum absolute atomic E-state index is 0.0233. The Balaban J connectivity index is 1.87. The first kappa shape index (κ1) is 17.5. The molecule has 1 fully saturated rings. The number of hydrogen-bond donors (Lipinski definition) is 1. The number of nitriles is 1. The van der Waals surface area contributed by atoms with Gasteiger partial charge in [-0.1, -0.05) is 36.7 Å². The first-order valence-corrected chi connectivity index (χ1v) is 9.47. The molecule has 130 valence electrons. The van der Waals surface area contributed by atoms with E-state index in [-0.39, 0.29) is 29.7 Å². The standard InChI is InChI=1S/C18H20N4O2S/c19-10-5-11-20-16(23)12-25-18-21-15-9-4-3-8-14(15)17(24)22(18)13-6-1-2-7-13/h3-4,8-9,13H,1-2,5-7,11-12H2,(H,20,23). The van der Waals surface area contributed by atoms with Crippen LogP contribution in [0.5, 0.6) is 0 Å². The molecule has 1 aromatic carbocycles. The van der Waals surface area contributed by atoms with Crippen molar-refractivity contribution in [3.63, 3.8) is 0 Å². The number of thioether (sulfide) groups is 1. The molecule has 0 radical (unpaired) electrons. The van der Waals surface area contributed by atoms with E-state index >= 15 is 0 Å². The van der Waals surface area contributed by atoms with Crippen molar-refractivity contribution in [3.8, 4) is 6.07 Å². The van der Waals surface area contributed by atoms with Gasteiger partial charge < -0.3 is 5.32 Å². The molecule has 0 aliphatic heterocycles. The molecule has 7 heteroatoms. The van der Waals surface area contributed by atoms with Crippen LogP contribution in [0.15, 0.2) is 34.2 Å². The third-order valence-corrected chi connectivity index (χ3v) is 5.31. The van der Waals surface area contributed by atoms with E-state index in [1.807, 2.05) is 24.3 Å². The van der Waals surface area contributed by atoms with E-state index in [2.05, 4.69) is 10.3 Å². The molecule has 2 aromatic rings. The van der Waals surface area contributed by atoms with Crippen molar-refractivity contribution in [1.29, 1.82) is 5.26 Å². The van der Waals surface area contributed by atoms with Crippen LogP contribution in [0.1, 0.15) is 38.1 Å². The number of nitrogens with zero attached hydrogens (tertiary/aromatic N) is 3. The average molecular weight is 356 g/mol. The van der Waals surface area contributed by atoms with E-state index in [0.717, 1.165) is 25.7 Å². The summed E-state index contributed by atoms with van der Waals surface area (Å²) in [5.41, 5.74) is 0.638. The third-order valence-electron chi connectivity index (χ3n) is 4.36. The first-order valence-electron chi connectivity index (χ1n) is 8.48. The molecule has 1 aliphatic carbocycles. The van der Waals surface area contributed by atoms with Gasteiger partial charge in [0.2, 0.25) is 5.91 Å². The molecule has 1 aromatic heterocycles. The molecular formula is C18H20N4O2S. The lowest BCUT2D eigenvalue weighted by molar-refractivity contribution is -0.118. The number of hydrogen-bond acceptors (Lipinski definition) is 5. The van der Waals surface area contributed by atoms with Crippen molar-refractivity contribution < 1.29 is 4.79 Å². The summed E-state index contributed by atoms with van der Waals surface area (Å²) < 4.78 is 1.78. The highest BCUT2D eigenvalue weighted by Gasteiger charge is 2.23. The molecule has 1 amide bonds. The molecule has 0 saturated heterocycles. The van der Waals surface area contributed by atoms with Crippen LogP contribution in [-0.2, 0) is 4.79 Å². The smallest absolute Gasteiger partial charge is 0.262 e. The number of carbonyl (C=O) groups is 1. The summed E-state index contributed by atoms with van der Waals surface area (Å²) in [4.78, 5) is 29.5. The molecule has 1 heterocycles. The van der Waals surface area contributed by atoms with E-state index in [1.54, 1.807) is 10.6 Å². The predicted molar refractivity (Wildman–Crippen MR) is 97.5 cm³/mol. The fourth-order valence-electron chi connectivity index (χ4n) is 3.15. The summed E-state index contributed by atoms with van der Waals surface area (Å²) in [6, 6.07) is 9.49. The Morgan fingerprint density at radius 1 is 1.36 bits per heavy atom. The maximum Gasteiger partial charge on any atom is 0.262 e. The van der Waals surface area contributed by atoms with Gasteiger partial charge >= 0.3 is 0 Å². The number of para-hydroxylation sites is 1. The summed E-state index contributed by atoms with van der Waals surface area (Å²) >= 11 is 1.29. The van der Waals surface area contributed by atoms with E-state index in [4.69, 9.17) is 5.26 Å². The van der Waals surface area contributed by atoms with Gasteiger partial charge in [-0.3, -0.25) is 14.2 Å². The highest BCUT2D eigenvalue weighted by Crippen LogP contribution is 2.32. The van der Waals surface area contributed by atoms with E-state index in [0.29, 0.717) is 22.6 Å². The van der Waals surface area contributed by atoms with Crippen LogP contribution in [-0.4, -0.2) is 27.8 Å². The highest BCUT2D eigenvalue weighted by atomic mass is 32.2. The molecule has 0 spiro atoms. The van der Waals surface area contributed by atoms with Gasteiger partial charge in [-0.05, 0) is 25.0 Å².